The van der Waals surface area contributed by atoms with E-state index in [-0.39, 0.29) is 5.56 Å². The molecule has 0 unspecified atom stereocenters. The highest BCUT2D eigenvalue weighted by molar-refractivity contribution is 5.50. The smallest absolute Gasteiger partial charge is 0.141 e. The van der Waals surface area contributed by atoms with E-state index in [1.54, 1.807) is 30.5 Å². The Kier molecular flexibility index (Phi) is 3.70. The van der Waals surface area contributed by atoms with Gasteiger partial charge in [0.05, 0.1) is 5.56 Å². The minimum absolute atomic E-state index is 0.00237. The van der Waals surface area contributed by atoms with Crippen molar-refractivity contribution >= 4 is 5.69 Å². The molecule has 92 valence electrons. The number of rotatable bonds is 3. The quantitative estimate of drug-likeness (QED) is 0.911. The van der Waals surface area contributed by atoms with Gasteiger partial charge in [-0.05, 0) is 35.9 Å². The minimum atomic E-state index is -0.538. The van der Waals surface area contributed by atoms with Gasteiger partial charge in [0, 0.05) is 18.4 Å². The van der Waals surface area contributed by atoms with Crippen LogP contribution in [0.5, 0.6) is 0 Å². The average Bonchev–Trinajstić information content (AvgIpc) is 2.46. The minimum Gasteiger partial charge on any atom is -0.381 e. The van der Waals surface area contributed by atoms with Gasteiger partial charge in [-0.1, -0.05) is 0 Å². The van der Waals surface area contributed by atoms with E-state index in [4.69, 9.17) is 10.5 Å². The molecule has 5 heteroatoms. The van der Waals surface area contributed by atoms with Crippen molar-refractivity contribution in [2.24, 2.45) is 0 Å². The largest absolute Gasteiger partial charge is 0.381 e. The number of benzene rings is 1. The number of hydrogen-bond acceptors (Lipinski definition) is 4. The molecule has 4 nitrogen and oxygen atoms in total. The first kappa shape index (κ1) is 12.5. The summed E-state index contributed by atoms with van der Waals surface area (Å²) in [5, 5.41) is 20.5. The van der Waals surface area contributed by atoms with Crippen molar-refractivity contribution in [1.29, 1.82) is 10.5 Å². The van der Waals surface area contributed by atoms with Gasteiger partial charge in [0.15, 0.2) is 0 Å². The number of hydrogen-bond donors (Lipinski definition) is 1. The SMILES string of the molecule is N#Cc1cc(CNc2ccc(F)c(C#N)c2)ccn1. The molecule has 1 aromatic carbocycles. The van der Waals surface area contributed by atoms with Crippen molar-refractivity contribution in [1.82, 2.24) is 4.98 Å². The fourth-order valence-electron chi connectivity index (χ4n) is 1.57. The van der Waals surface area contributed by atoms with E-state index in [9.17, 15) is 4.39 Å². The van der Waals surface area contributed by atoms with E-state index in [1.807, 2.05) is 6.07 Å². The fraction of sp³-hybridized carbons (Fsp3) is 0.0714. The van der Waals surface area contributed by atoms with E-state index in [0.717, 1.165) is 5.56 Å². The van der Waals surface area contributed by atoms with Crippen molar-refractivity contribution in [3.05, 3.63) is 59.2 Å². The van der Waals surface area contributed by atoms with Crippen LogP contribution >= 0.6 is 0 Å². The first-order chi connectivity index (χ1) is 9.22. The summed E-state index contributed by atoms with van der Waals surface area (Å²) in [6.45, 7) is 0.466. The number of halogens is 1. The maximum absolute atomic E-state index is 13.1. The Bertz CT molecular complexity index is 683. The van der Waals surface area contributed by atoms with E-state index in [2.05, 4.69) is 10.3 Å². The van der Waals surface area contributed by atoms with Crippen LogP contribution in [0.1, 0.15) is 16.8 Å². The van der Waals surface area contributed by atoms with Crippen molar-refractivity contribution in [3.63, 3.8) is 0 Å². The number of nitrogens with zero attached hydrogens (tertiary/aromatic N) is 3. The molecule has 0 aliphatic carbocycles. The molecule has 1 N–H and O–H groups in total. The molecule has 2 aromatic rings. The highest BCUT2D eigenvalue weighted by atomic mass is 19.1. The third kappa shape index (κ3) is 3.05. The third-order valence-corrected chi connectivity index (χ3v) is 2.52. The van der Waals surface area contributed by atoms with Crippen LogP contribution in [0.3, 0.4) is 0 Å². The Labute approximate surface area is 109 Å². The molecule has 0 radical (unpaired) electrons. The van der Waals surface area contributed by atoms with Crippen LogP contribution in [0.2, 0.25) is 0 Å². The lowest BCUT2D eigenvalue weighted by atomic mass is 10.2. The number of nitriles is 2. The zero-order valence-electron chi connectivity index (χ0n) is 9.89. The highest BCUT2D eigenvalue weighted by Crippen LogP contribution is 2.15. The van der Waals surface area contributed by atoms with Crippen molar-refractivity contribution < 1.29 is 4.39 Å². The van der Waals surface area contributed by atoms with E-state index >= 15 is 0 Å². The molecule has 0 atom stereocenters. The molecule has 0 saturated heterocycles. The van der Waals surface area contributed by atoms with Gasteiger partial charge in [0.2, 0.25) is 0 Å². The monoisotopic (exact) mass is 252 g/mol. The van der Waals surface area contributed by atoms with Gasteiger partial charge in [0.1, 0.15) is 23.6 Å². The maximum Gasteiger partial charge on any atom is 0.141 e. The summed E-state index contributed by atoms with van der Waals surface area (Å²) >= 11 is 0. The summed E-state index contributed by atoms with van der Waals surface area (Å²) in [7, 11) is 0. The van der Waals surface area contributed by atoms with E-state index < -0.39 is 5.82 Å². The summed E-state index contributed by atoms with van der Waals surface area (Å²) in [5.41, 5.74) is 1.87. The summed E-state index contributed by atoms with van der Waals surface area (Å²) in [4.78, 5) is 3.87. The van der Waals surface area contributed by atoms with Crippen LogP contribution < -0.4 is 5.32 Å². The van der Waals surface area contributed by atoms with Crippen molar-refractivity contribution in [3.8, 4) is 12.1 Å². The van der Waals surface area contributed by atoms with Gasteiger partial charge < -0.3 is 5.32 Å². The van der Waals surface area contributed by atoms with Crippen molar-refractivity contribution in [2.75, 3.05) is 5.32 Å². The molecule has 0 aliphatic heterocycles. The molecule has 0 spiro atoms. The predicted molar refractivity (Wildman–Crippen MR) is 67.4 cm³/mol. The standard InChI is InChI=1S/C14H9FN4/c15-14-2-1-12(6-11(14)7-16)19-9-10-3-4-18-13(5-10)8-17/h1-6,19H,9H2. The van der Waals surface area contributed by atoms with Crippen LogP contribution in [0.4, 0.5) is 10.1 Å². The summed E-state index contributed by atoms with van der Waals surface area (Å²) in [6, 6.07) is 11.4. The Morgan fingerprint density at radius 3 is 2.74 bits per heavy atom. The average molecular weight is 252 g/mol. The number of aromatic nitrogens is 1. The molecule has 2 rings (SSSR count). The van der Waals surface area contributed by atoms with Gasteiger partial charge >= 0.3 is 0 Å². The molecular formula is C14H9FN4. The van der Waals surface area contributed by atoms with E-state index in [1.165, 1.54) is 12.1 Å². The Balaban J connectivity index is 2.11. The second kappa shape index (κ2) is 5.61. The Morgan fingerprint density at radius 1 is 1.16 bits per heavy atom. The highest BCUT2D eigenvalue weighted by Gasteiger charge is 2.03. The molecule has 1 aromatic heterocycles. The van der Waals surface area contributed by atoms with Gasteiger partial charge in [-0.3, -0.25) is 0 Å². The van der Waals surface area contributed by atoms with Crippen LogP contribution in [-0.2, 0) is 6.54 Å². The number of pyridine rings is 1. The second-order valence-corrected chi connectivity index (χ2v) is 3.82. The Morgan fingerprint density at radius 2 is 2.00 bits per heavy atom. The third-order valence-electron chi connectivity index (χ3n) is 2.52. The molecule has 19 heavy (non-hydrogen) atoms. The van der Waals surface area contributed by atoms with Gasteiger partial charge in [-0.15, -0.1) is 0 Å². The zero-order valence-corrected chi connectivity index (χ0v) is 9.89. The summed E-state index contributed by atoms with van der Waals surface area (Å²) < 4.78 is 13.1. The molecule has 0 saturated carbocycles. The van der Waals surface area contributed by atoms with Gasteiger partial charge in [-0.25, -0.2) is 9.37 Å². The van der Waals surface area contributed by atoms with Crippen molar-refractivity contribution in [2.45, 2.75) is 6.54 Å². The van der Waals surface area contributed by atoms with Gasteiger partial charge in [0.25, 0.3) is 0 Å². The second-order valence-electron chi connectivity index (χ2n) is 3.82. The zero-order chi connectivity index (χ0) is 13.7. The lowest BCUT2D eigenvalue weighted by Gasteiger charge is -2.07. The van der Waals surface area contributed by atoms with Crippen LogP contribution in [0.25, 0.3) is 0 Å². The van der Waals surface area contributed by atoms with Crippen LogP contribution in [0, 0.1) is 28.5 Å². The van der Waals surface area contributed by atoms with Gasteiger partial charge in [-0.2, -0.15) is 10.5 Å². The fourth-order valence-corrected chi connectivity index (χ4v) is 1.57. The number of anilines is 1. The first-order valence-electron chi connectivity index (χ1n) is 5.51. The first-order valence-corrected chi connectivity index (χ1v) is 5.51. The lowest BCUT2D eigenvalue weighted by molar-refractivity contribution is 0.624. The summed E-state index contributed by atoms with van der Waals surface area (Å²) in [5.74, 6) is -0.538. The summed E-state index contributed by atoms with van der Waals surface area (Å²) in [6.07, 6.45) is 1.56. The Hall–Kier alpha value is -2.92. The predicted octanol–water partition coefficient (Wildman–Crippen LogP) is 2.58. The van der Waals surface area contributed by atoms with E-state index in [0.29, 0.717) is 17.9 Å². The molecular weight excluding hydrogens is 243 g/mol. The van der Waals surface area contributed by atoms with Crippen LogP contribution in [0.15, 0.2) is 36.5 Å². The van der Waals surface area contributed by atoms with Crippen LogP contribution in [-0.4, -0.2) is 4.98 Å². The number of nitrogens with one attached hydrogen (secondary N) is 1. The lowest BCUT2D eigenvalue weighted by Crippen LogP contribution is -2.01. The topological polar surface area (TPSA) is 72.5 Å². The molecule has 0 bridgehead atoms. The molecule has 1 heterocycles. The maximum atomic E-state index is 13.1. The molecule has 0 fully saturated rings. The molecule has 0 amide bonds. The molecule has 0 aliphatic rings. The normalized spacial score (nSPS) is 9.42.